The number of rotatable bonds is 2. The van der Waals surface area contributed by atoms with Crippen LogP contribution in [0.1, 0.15) is 39.0 Å². The summed E-state index contributed by atoms with van der Waals surface area (Å²) in [4.78, 5) is 2.29. The molecule has 3 N–H and O–H groups in total. The molecule has 104 valence electrons. The molecule has 0 unspecified atom stereocenters. The number of β-amino-alcohol motifs (C(OH)–C–C–N with tert-alkyl or cyclic N) is 1. The molecule has 2 heterocycles. The van der Waals surface area contributed by atoms with Gasteiger partial charge in [0.25, 0.3) is 0 Å². The average molecular weight is 246 g/mol. The monoisotopic (exact) mass is 246 g/mol. The Bertz CT molecular complexity index is 124. The summed E-state index contributed by atoms with van der Waals surface area (Å²) in [6, 6.07) is 0. The molecule has 2 aliphatic heterocycles. The van der Waals surface area contributed by atoms with Crippen LogP contribution in [0.3, 0.4) is 0 Å². The van der Waals surface area contributed by atoms with E-state index in [0.717, 1.165) is 6.54 Å². The summed E-state index contributed by atoms with van der Waals surface area (Å²) >= 11 is 0. The predicted octanol–water partition coefficient (Wildman–Crippen LogP) is 0.833. The predicted molar refractivity (Wildman–Crippen MR) is 72.2 cm³/mol. The Morgan fingerprint density at radius 1 is 0.941 bits per heavy atom. The van der Waals surface area contributed by atoms with Gasteiger partial charge in [0.15, 0.2) is 0 Å². The molecule has 0 spiro atoms. The van der Waals surface area contributed by atoms with E-state index in [1.165, 1.54) is 58.3 Å². The molecule has 0 aromatic rings. The van der Waals surface area contributed by atoms with E-state index in [1.807, 2.05) is 0 Å². The third-order valence-corrected chi connectivity index (χ3v) is 2.82. The van der Waals surface area contributed by atoms with E-state index >= 15 is 0 Å². The maximum Gasteiger partial charge on any atom is 0.0558 e. The van der Waals surface area contributed by atoms with Crippen LogP contribution in [-0.2, 0) is 0 Å². The number of aliphatic hydroxyl groups excluding tert-OH is 2. The van der Waals surface area contributed by atoms with Crippen LogP contribution in [-0.4, -0.2) is 61.1 Å². The Morgan fingerprint density at radius 2 is 1.47 bits per heavy atom. The van der Waals surface area contributed by atoms with Gasteiger partial charge in [0.2, 0.25) is 0 Å². The molecule has 0 bridgehead atoms. The lowest BCUT2D eigenvalue weighted by atomic mass is 10.2. The van der Waals surface area contributed by atoms with Crippen LogP contribution in [0.5, 0.6) is 0 Å². The van der Waals surface area contributed by atoms with Crippen molar-refractivity contribution in [2.75, 3.05) is 45.9 Å². The molecule has 17 heavy (non-hydrogen) atoms. The third-order valence-electron chi connectivity index (χ3n) is 2.82. The van der Waals surface area contributed by atoms with Crippen molar-refractivity contribution in [3.8, 4) is 0 Å². The molecule has 2 aliphatic rings. The molecule has 2 rings (SSSR count). The smallest absolute Gasteiger partial charge is 0.0558 e. The van der Waals surface area contributed by atoms with Gasteiger partial charge in [-0.2, -0.15) is 0 Å². The van der Waals surface area contributed by atoms with E-state index in [2.05, 4.69) is 10.2 Å². The fraction of sp³-hybridized carbons (Fsp3) is 1.00. The van der Waals surface area contributed by atoms with Crippen molar-refractivity contribution < 1.29 is 10.2 Å². The van der Waals surface area contributed by atoms with Crippen LogP contribution >= 0.6 is 0 Å². The molecule has 0 atom stereocenters. The molecule has 0 aliphatic carbocycles. The Morgan fingerprint density at radius 3 is 1.76 bits per heavy atom. The van der Waals surface area contributed by atoms with Gasteiger partial charge < -0.3 is 20.4 Å². The number of hydrogen-bond donors (Lipinski definition) is 3. The van der Waals surface area contributed by atoms with Gasteiger partial charge in [-0.3, -0.25) is 0 Å². The van der Waals surface area contributed by atoms with Gasteiger partial charge in [-0.15, -0.1) is 0 Å². The second-order valence-corrected chi connectivity index (χ2v) is 4.40. The lowest BCUT2D eigenvalue weighted by Gasteiger charge is -2.10. The maximum atomic E-state index is 8.48. The summed E-state index contributed by atoms with van der Waals surface area (Å²) in [6.45, 7) is 8.02. The minimum atomic E-state index is 0.250. The van der Waals surface area contributed by atoms with Gasteiger partial charge in [0, 0.05) is 13.2 Å². The average Bonchev–Trinajstić information content (AvgIpc) is 2.87. The van der Waals surface area contributed by atoms with Crippen molar-refractivity contribution >= 4 is 0 Å². The molecule has 4 heteroatoms. The van der Waals surface area contributed by atoms with Crippen molar-refractivity contribution in [2.45, 2.75) is 39.0 Å². The van der Waals surface area contributed by atoms with Crippen LogP contribution in [0.25, 0.3) is 0 Å². The second-order valence-electron chi connectivity index (χ2n) is 4.40. The van der Waals surface area contributed by atoms with Crippen molar-refractivity contribution in [1.29, 1.82) is 0 Å². The molecular formula is C13H30N2O2. The highest BCUT2D eigenvalue weighted by atomic mass is 16.3. The number of nitrogens with one attached hydrogen (secondary N) is 1. The van der Waals surface area contributed by atoms with Gasteiger partial charge in [0.05, 0.1) is 6.61 Å². The zero-order valence-corrected chi connectivity index (χ0v) is 11.3. The maximum absolute atomic E-state index is 8.48. The molecular weight excluding hydrogens is 216 g/mol. The lowest BCUT2D eigenvalue weighted by Crippen LogP contribution is -2.22. The molecule has 0 saturated carbocycles. The van der Waals surface area contributed by atoms with E-state index in [4.69, 9.17) is 10.2 Å². The summed E-state index contributed by atoms with van der Waals surface area (Å²) in [6.07, 6.45) is 6.85. The summed E-state index contributed by atoms with van der Waals surface area (Å²) in [5.74, 6) is 0. The first-order valence-electron chi connectivity index (χ1n) is 7.00. The highest BCUT2D eigenvalue weighted by Crippen LogP contribution is 2.05. The Kier molecular flexibility index (Phi) is 13.8. The largest absolute Gasteiger partial charge is 0.397 e. The number of aliphatic hydroxyl groups is 2. The second kappa shape index (κ2) is 13.9. The van der Waals surface area contributed by atoms with Crippen LogP contribution < -0.4 is 5.32 Å². The first kappa shape index (κ1) is 16.8. The number of likely N-dealkylation sites (tertiary alicyclic amines) is 1. The fourth-order valence-corrected chi connectivity index (χ4v) is 1.95. The quantitative estimate of drug-likeness (QED) is 0.675. The van der Waals surface area contributed by atoms with Gasteiger partial charge >= 0.3 is 0 Å². The Balaban J connectivity index is 0.000000252. The topological polar surface area (TPSA) is 55.7 Å². The van der Waals surface area contributed by atoms with Gasteiger partial charge in [-0.25, -0.2) is 0 Å². The van der Waals surface area contributed by atoms with Gasteiger partial charge in [0.1, 0.15) is 0 Å². The van der Waals surface area contributed by atoms with Crippen molar-refractivity contribution in [3.63, 3.8) is 0 Å². The number of nitrogens with zero attached hydrogens (tertiary/aromatic N) is 1. The lowest BCUT2D eigenvalue weighted by molar-refractivity contribution is 0.221. The highest BCUT2D eigenvalue weighted by molar-refractivity contribution is 4.64. The molecule has 4 nitrogen and oxygen atoms in total. The molecule has 0 aromatic heterocycles. The normalized spacial score (nSPS) is 19.9. The Labute approximate surface area is 106 Å². The Hall–Kier alpha value is -0.160. The standard InChI is InChI=1S/C6H13NO.C5H11N.C2H6O/c8-6-5-7-3-1-2-4-7;1-2-4-6-5-3-1;1-2-3/h8H,1-6H2;6H,1-5H2;3H,2H2,1H3. The van der Waals surface area contributed by atoms with E-state index in [0.29, 0.717) is 6.61 Å². The highest BCUT2D eigenvalue weighted by Gasteiger charge is 2.08. The first-order chi connectivity index (χ1) is 8.35. The van der Waals surface area contributed by atoms with Crippen LogP contribution in [0.2, 0.25) is 0 Å². The van der Waals surface area contributed by atoms with Gasteiger partial charge in [-0.1, -0.05) is 6.42 Å². The van der Waals surface area contributed by atoms with Gasteiger partial charge in [-0.05, 0) is 58.8 Å². The van der Waals surface area contributed by atoms with E-state index in [1.54, 1.807) is 6.92 Å². The van der Waals surface area contributed by atoms with Crippen LogP contribution in [0, 0.1) is 0 Å². The minimum Gasteiger partial charge on any atom is -0.397 e. The van der Waals surface area contributed by atoms with E-state index < -0.39 is 0 Å². The summed E-state index contributed by atoms with van der Waals surface area (Å²) < 4.78 is 0. The van der Waals surface area contributed by atoms with E-state index in [9.17, 15) is 0 Å². The fourth-order valence-electron chi connectivity index (χ4n) is 1.95. The number of hydrogen-bond acceptors (Lipinski definition) is 4. The molecule has 0 amide bonds. The zero-order valence-electron chi connectivity index (χ0n) is 11.3. The SMILES string of the molecule is C1CCNCC1.CCO.OCCN1CCCC1. The molecule has 0 radical (unpaired) electrons. The third kappa shape index (κ3) is 12.1. The summed E-state index contributed by atoms with van der Waals surface area (Å²) in [7, 11) is 0. The van der Waals surface area contributed by atoms with Crippen molar-refractivity contribution in [2.24, 2.45) is 0 Å². The van der Waals surface area contributed by atoms with Crippen molar-refractivity contribution in [3.05, 3.63) is 0 Å². The summed E-state index contributed by atoms with van der Waals surface area (Å²) in [5, 5.41) is 19.3. The van der Waals surface area contributed by atoms with Crippen LogP contribution in [0.15, 0.2) is 0 Å². The van der Waals surface area contributed by atoms with E-state index in [-0.39, 0.29) is 6.61 Å². The van der Waals surface area contributed by atoms with Crippen molar-refractivity contribution in [1.82, 2.24) is 10.2 Å². The molecule has 2 fully saturated rings. The minimum absolute atomic E-state index is 0.250. The van der Waals surface area contributed by atoms with Crippen LogP contribution in [0.4, 0.5) is 0 Å². The first-order valence-corrected chi connectivity index (χ1v) is 7.00. The molecule has 2 saturated heterocycles. The zero-order chi connectivity index (χ0) is 12.8. The summed E-state index contributed by atoms with van der Waals surface area (Å²) in [5.41, 5.74) is 0. The number of piperidine rings is 1. The molecule has 0 aromatic carbocycles.